The molecule has 2 aromatic heterocycles. The summed E-state index contributed by atoms with van der Waals surface area (Å²) in [6.45, 7) is 4.46. The summed E-state index contributed by atoms with van der Waals surface area (Å²) in [4.78, 5) is 31.6. The second-order valence-electron chi connectivity index (χ2n) is 10.2. The molecule has 1 aliphatic heterocycles. The number of aliphatic carboxylic acids is 1. The minimum atomic E-state index is -5.08. The highest BCUT2D eigenvalue weighted by molar-refractivity contribution is 5.98. The first-order valence-electron chi connectivity index (χ1n) is 13.8. The zero-order valence-corrected chi connectivity index (χ0v) is 24.6. The van der Waals surface area contributed by atoms with Crippen LogP contribution in [0.2, 0.25) is 0 Å². The largest absolute Gasteiger partial charge is 0.492 e. The number of ether oxygens (including phenoxy) is 1. The van der Waals surface area contributed by atoms with Crippen molar-refractivity contribution in [3.05, 3.63) is 59.7 Å². The number of piperidine rings is 1. The van der Waals surface area contributed by atoms with Crippen molar-refractivity contribution in [2.24, 2.45) is 5.92 Å². The first-order chi connectivity index (χ1) is 21.4. The van der Waals surface area contributed by atoms with Crippen molar-refractivity contribution in [1.82, 2.24) is 30.8 Å². The van der Waals surface area contributed by atoms with Gasteiger partial charge in [0.05, 0.1) is 23.9 Å². The van der Waals surface area contributed by atoms with Crippen LogP contribution < -0.4 is 25.6 Å². The average Bonchev–Trinajstić information content (AvgIpc) is 3.40. The molecular formula is C29H32F4N8O4. The minimum absolute atomic E-state index is 0.0996. The van der Waals surface area contributed by atoms with E-state index in [1.807, 2.05) is 25.1 Å². The van der Waals surface area contributed by atoms with Crippen LogP contribution in [0.15, 0.2) is 42.6 Å². The summed E-state index contributed by atoms with van der Waals surface area (Å²) >= 11 is 0. The van der Waals surface area contributed by atoms with Gasteiger partial charge in [0.1, 0.15) is 5.75 Å². The third-order valence-corrected chi connectivity index (χ3v) is 7.04. The lowest BCUT2D eigenvalue weighted by Crippen LogP contribution is -2.30. The number of anilines is 4. The molecule has 0 saturated carbocycles. The Bertz CT molecular complexity index is 1660. The Hall–Kier alpha value is -4.99. The standard InChI is InChI=1S/C27H31FN8O2.C2HF3O2/c1-16-20-6-5-19(13-23(20)35-34-16)36(3)25-22(28)14-31-27(33-25)32-18-4-7-24(21(12-18)26(37)29-2)38-15-17-8-10-30-11-9-17;3-2(4,5)1(6)7/h4-7,12-14,17,30H,8-11,15H2,1-3H3,(H,29,37)(H,34,35)(H,31,32,33);(H,6,7). The molecule has 1 fully saturated rings. The lowest BCUT2D eigenvalue weighted by Gasteiger charge is -2.23. The first-order valence-corrected chi connectivity index (χ1v) is 13.8. The third-order valence-electron chi connectivity index (χ3n) is 7.04. The van der Waals surface area contributed by atoms with Gasteiger partial charge in [0.25, 0.3) is 5.91 Å². The van der Waals surface area contributed by atoms with E-state index in [2.05, 4.69) is 36.1 Å². The maximum absolute atomic E-state index is 14.8. The molecule has 4 aromatic rings. The molecule has 12 nitrogen and oxygen atoms in total. The van der Waals surface area contributed by atoms with Crippen LogP contribution in [0, 0.1) is 18.7 Å². The van der Waals surface area contributed by atoms with Crippen LogP contribution in [-0.2, 0) is 4.79 Å². The van der Waals surface area contributed by atoms with Gasteiger partial charge in [-0.25, -0.2) is 14.2 Å². The molecule has 16 heteroatoms. The van der Waals surface area contributed by atoms with Crippen molar-refractivity contribution in [3.63, 3.8) is 0 Å². The van der Waals surface area contributed by atoms with Gasteiger partial charge in [0.15, 0.2) is 11.6 Å². The van der Waals surface area contributed by atoms with Gasteiger partial charge in [-0.3, -0.25) is 9.89 Å². The molecule has 1 saturated heterocycles. The summed E-state index contributed by atoms with van der Waals surface area (Å²) < 4.78 is 52.6. The van der Waals surface area contributed by atoms with Gasteiger partial charge in [-0.1, -0.05) is 0 Å². The molecule has 45 heavy (non-hydrogen) atoms. The molecule has 3 heterocycles. The van der Waals surface area contributed by atoms with E-state index >= 15 is 0 Å². The maximum Gasteiger partial charge on any atom is 0.490 e. The first kappa shape index (κ1) is 32.9. The van der Waals surface area contributed by atoms with Gasteiger partial charge < -0.3 is 30.7 Å². The fourth-order valence-corrected chi connectivity index (χ4v) is 4.55. The van der Waals surface area contributed by atoms with Gasteiger partial charge in [0.2, 0.25) is 5.95 Å². The van der Waals surface area contributed by atoms with E-state index in [1.54, 1.807) is 37.2 Å². The number of alkyl halides is 3. The number of carboxylic acid groups (broad SMARTS) is 1. The van der Waals surface area contributed by atoms with E-state index in [4.69, 9.17) is 14.6 Å². The molecule has 2 aromatic carbocycles. The number of amides is 1. The molecule has 5 N–H and O–H groups in total. The van der Waals surface area contributed by atoms with E-state index in [0.717, 1.165) is 54.4 Å². The number of nitrogens with one attached hydrogen (secondary N) is 4. The third kappa shape index (κ3) is 8.35. The van der Waals surface area contributed by atoms with Crippen LogP contribution in [0.3, 0.4) is 0 Å². The zero-order chi connectivity index (χ0) is 32.7. The van der Waals surface area contributed by atoms with Crippen LogP contribution in [0.5, 0.6) is 5.75 Å². The maximum atomic E-state index is 14.8. The number of carboxylic acids is 1. The highest BCUT2D eigenvalue weighted by atomic mass is 19.4. The number of fused-ring (bicyclic) bond motifs is 1. The number of H-pyrrole nitrogens is 1. The fourth-order valence-electron chi connectivity index (χ4n) is 4.55. The number of nitrogens with zero attached hydrogens (tertiary/aromatic N) is 4. The van der Waals surface area contributed by atoms with Crippen LogP contribution in [0.1, 0.15) is 28.9 Å². The summed E-state index contributed by atoms with van der Waals surface area (Å²) in [5.41, 5.74) is 3.45. The highest BCUT2D eigenvalue weighted by Crippen LogP contribution is 2.30. The Kier molecular flexibility index (Phi) is 10.4. The summed E-state index contributed by atoms with van der Waals surface area (Å²) in [7, 11) is 3.31. The summed E-state index contributed by atoms with van der Waals surface area (Å²) in [6.07, 6.45) is -1.87. The molecule has 0 unspecified atom stereocenters. The molecule has 0 aliphatic carbocycles. The predicted octanol–water partition coefficient (Wildman–Crippen LogP) is 4.68. The second-order valence-corrected chi connectivity index (χ2v) is 10.2. The van der Waals surface area contributed by atoms with Crippen LogP contribution in [-0.4, -0.2) is 77.1 Å². The molecule has 0 spiro atoms. The predicted molar refractivity (Wildman–Crippen MR) is 159 cm³/mol. The van der Waals surface area contributed by atoms with Gasteiger partial charge in [-0.15, -0.1) is 0 Å². The molecule has 1 amide bonds. The molecule has 240 valence electrons. The van der Waals surface area contributed by atoms with Crippen molar-refractivity contribution < 1.29 is 37.0 Å². The number of hydrogen-bond acceptors (Lipinski definition) is 9. The number of aryl methyl sites for hydroxylation is 1. The van der Waals surface area contributed by atoms with Gasteiger partial charge >= 0.3 is 12.1 Å². The van der Waals surface area contributed by atoms with Crippen molar-refractivity contribution in [3.8, 4) is 5.75 Å². The topological polar surface area (TPSA) is 157 Å². The van der Waals surface area contributed by atoms with Crippen molar-refractivity contribution in [2.45, 2.75) is 25.9 Å². The minimum Gasteiger partial charge on any atom is -0.492 e. The number of carbonyl (C=O) groups is 2. The number of benzene rings is 2. The summed E-state index contributed by atoms with van der Waals surface area (Å²) in [5, 5.41) is 24.5. The van der Waals surface area contributed by atoms with Gasteiger partial charge in [-0.05, 0) is 75.2 Å². The number of carbonyl (C=O) groups excluding carboxylic acids is 1. The van der Waals surface area contributed by atoms with Crippen LogP contribution in [0.4, 0.5) is 40.7 Å². The van der Waals surface area contributed by atoms with Crippen molar-refractivity contribution in [2.75, 3.05) is 44.0 Å². The normalized spacial score (nSPS) is 13.5. The smallest absolute Gasteiger partial charge is 0.490 e. The Morgan fingerprint density at radius 1 is 1.16 bits per heavy atom. The summed E-state index contributed by atoms with van der Waals surface area (Å²) in [5.74, 6) is -2.33. The lowest BCUT2D eigenvalue weighted by molar-refractivity contribution is -0.192. The van der Waals surface area contributed by atoms with Crippen LogP contribution >= 0.6 is 0 Å². The Labute approximate surface area is 255 Å². The number of aromatic amines is 1. The van der Waals surface area contributed by atoms with Gasteiger partial charge in [0, 0.05) is 36.6 Å². The van der Waals surface area contributed by atoms with Crippen LogP contribution in [0.25, 0.3) is 10.9 Å². The molecule has 0 radical (unpaired) electrons. The average molecular weight is 633 g/mol. The fraction of sp³-hybridized carbons (Fsp3) is 0.345. The van der Waals surface area contributed by atoms with E-state index in [1.165, 1.54) is 0 Å². The number of aromatic nitrogens is 4. The van der Waals surface area contributed by atoms with E-state index in [0.29, 0.717) is 29.5 Å². The van der Waals surface area contributed by atoms with Crippen molar-refractivity contribution in [1.29, 1.82) is 0 Å². The van der Waals surface area contributed by atoms with E-state index in [9.17, 15) is 22.4 Å². The van der Waals surface area contributed by atoms with E-state index in [-0.39, 0.29) is 17.7 Å². The van der Waals surface area contributed by atoms with Gasteiger partial charge in [-0.2, -0.15) is 23.3 Å². The number of rotatable bonds is 8. The molecule has 1 aliphatic rings. The zero-order valence-electron chi connectivity index (χ0n) is 24.6. The molecule has 0 atom stereocenters. The lowest BCUT2D eigenvalue weighted by atomic mass is 9.99. The van der Waals surface area contributed by atoms with Crippen molar-refractivity contribution >= 4 is 45.9 Å². The Balaban J connectivity index is 0.000000591. The molecule has 0 bridgehead atoms. The highest BCUT2D eigenvalue weighted by Gasteiger charge is 2.38. The number of halogens is 4. The molecule has 5 rings (SSSR count). The summed E-state index contributed by atoms with van der Waals surface area (Å²) in [6, 6.07) is 10.9. The quantitative estimate of drug-likeness (QED) is 0.173. The Morgan fingerprint density at radius 2 is 1.87 bits per heavy atom. The second kappa shape index (κ2) is 14.2. The SMILES string of the molecule is CNC(=O)c1cc(Nc2ncc(F)c(N(C)c3ccc4c(C)[nH]nc4c3)n2)ccc1OCC1CCNCC1.O=C(O)C(F)(F)F. The Morgan fingerprint density at radius 3 is 2.53 bits per heavy atom. The number of hydrogen-bond donors (Lipinski definition) is 5. The molecular weight excluding hydrogens is 600 g/mol. The van der Waals surface area contributed by atoms with E-state index < -0.39 is 18.0 Å². The monoisotopic (exact) mass is 632 g/mol.